The molecule has 2 aromatic heterocycles. The topological polar surface area (TPSA) is 72.7 Å². The molecule has 0 saturated heterocycles. The van der Waals surface area contributed by atoms with Crippen LogP contribution in [0.25, 0.3) is 16.9 Å². The highest BCUT2D eigenvalue weighted by Gasteiger charge is 2.32. The number of carbonyl (C=O) groups is 2. The van der Waals surface area contributed by atoms with E-state index in [2.05, 4.69) is 5.32 Å². The maximum absolute atomic E-state index is 13.0. The van der Waals surface area contributed by atoms with E-state index >= 15 is 0 Å². The van der Waals surface area contributed by atoms with Crippen LogP contribution in [0.15, 0.2) is 72.9 Å². The Labute approximate surface area is 173 Å². The van der Waals surface area contributed by atoms with Crippen molar-refractivity contribution >= 4 is 23.3 Å². The van der Waals surface area contributed by atoms with E-state index in [1.165, 1.54) is 0 Å². The predicted octanol–water partition coefficient (Wildman–Crippen LogP) is 4.55. The van der Waals surface area contributed by atoms with Crippen molar-refractivity contribution in [1.82, 2.24) is 9.38 Å². The second-order valence-electron chi connectivity index (χ2n) is 7.34. The van der Waals surface area contributed by atoms with Crippen molar-refractivity contribution in [3.8, 4) is 11.3 Å². The zero-order valence-electron chi connectivity index (χ0n) is 16.3. The van der Waals surface area contributed by atoms with Gasteiger partial charge in [0.1, 0.15) is 23.3 Å². The van der Waals surface area contributed by atoms with Crippen LogP contribution >= 0.6 is 0 Å². The molecule has 6 nitrogen and oxygen atoms in total. The van der Waals surface area contributed by atoms with E-state index in [1.807, 2.05) is 72.1 Å². The fourth-order valence-electron chi connectivity index (χ4n) is 3.79. The zero-order valence-corrected chi connectivity index (χ0v) is 16.3. The molecule has 1 amide bonds. The number of aryl methyl sites for hydroxylation is 1. The standard InChI is InChI=1S/C24H19N3O3/c1-15-11-12-20-25-22(16-7-3-2-4-8-16)23(27(20)14-15)26-21(28)13-19-17-9-5-6-10-18(17)24(29)30-19/h2-12,14,19H,13H2,1H3,(H,26,28)/t19-/m1/s1. The second-order valence-corrected chi connectivity index (χ2v) is 7.34. The Kier molecular flexibility index (Phi) is 4.32. The van der Waals surface area contributed by atoms with E-state index in [1.54, 1.807) is 12.1 Å². The third-order valence-electron chi connectivity index (χ3n) is 5.22. The smallest absolute Gasteiger partial charge is 0.339 e. The molecule has 0 bridgehead atoms. The lowest BCUT2D eigenvalue weighted by Gasteiger charge is -2.12. The van der Waals surface area contributed by atoms with Crippen LogP contribution < -0.4 is 5.32 Å². The maximum atomic E-state index is 13.0. The third kappa shape index (κ3) is 3.12. The van der Waals surface area contributed by atoms with Gasteiger partial charge in [0.05, 0.1) is 12.0 Å². The minimum atomic E-state index is -0.588. The molecular formula is C24H19N3O3. The van der Waals surface area contributed by atoms with Gasteiger partial charge in [0, 0.05) is 17.3 Å². The quantitative estimate of drug-likeness (QED) is 0.513. The Balaban J connectivity index is 1.48. The number of amides is 1. The van der Waals surface area contributed by atoms with Crippen molar-refractivity contribution < 1.29 is 14.3 Å². The number of hydrogen-bond donors (Lipinski definition) is 1. The number of hydrogen-bond acceptors (Lipinski definition) is 4. The van der Waals surface area contributed by atoms with Crippen LogP contribution in [0.3, 0.4) is 0 Å². The summed E-state index contributed by atoms with van der Waals surface area (Å²) in [4.78, 5) is 29.7. The third-order valence-corrected chi connectivity index (χ3v) is 5.22. The lowest BCUT2D eigenvalue weighted by atomic mass is 10.0. The van der Waals surface area contributed by atoms with Gasteiger partial charge in [-0.05, 0) is 24.6 Å². The Bertz CT molecular complexity index is 1280. The number of pyridine rings is 1. The molecule has 0 saturated carbocycles. The van der Waals surface area contributed by atoms with Gasteiger partial charge in [-0.2, -0.15) is 0 Å². The highest BCUT2D eigenvalue weighted by atomic mass is 16.5. The Hall–Kier alpha value is -3.93. The lowest BCUT2D eigenvalue weighted by Crippen LogP contribution is -2.17. The molecular weight excluding hydrogens is 378 g/mol. The van der Waals surface area contributed by atoms with E-state index in [0.717, 1.165) is 22.3 Å². The largest absolute Gasteiger partial charge is 0.453 e. The summed E-state index contributed by atoms with van der Waals surface area (Å²) >= 11 is 0. The zero-order chi connectivity index (χ0) is 20.7. The molecule has 30 heavy (non-hydrogen) atoms. The molecule has 1 aliphatic rings. The normalized spacial score (nSPS) is 15.1. The monoisotopic (exact) mass is 397 g/mol. The van der Waals surface area contributed by atoms with Gasteiger partial charge >= 0.3 is 5.97 Å². The van der Waals surface area contributed by atoms with Gasteiger partial charge in [0.2, 0.25) is 5.91 Å². The molecule has 5 rings (SSSR count). The van der Waals surface area contributed by atoms with Crippen LogP contribution in [0, 0.1) is 6.92 Å². The molecule has 6 heteroatoms. The van der Waals surface area contributed by atoms with Crippen molar-refractivity contribution in [2.24, 2.45) is 0 Å². The number of fused-ring (bicyclic) bond motifs is 2. The Morgan fingerprint density at radius 3 is 2.67 bits per heavy atom. The molecule has 148 valence electrons. The molecule has 1 aliphatic heterocycles. The average Bonchev–Trinajstić information content (AvgIpc) is 3.26. The van der Waals surface area contributed by atoms with Crippen LogP contribution in [-0.2, 0) is 9.53 Å². The van der Waals surface area contributed by atoms with E-state index in [0.29, 0.717) is 17.1 Å². The van der Waals surface area contributed by atoms with E-state index in [-0.39, 0.29) is 18.3 Å². The van der Waals surface area contributed by atoms with E-state index < -0.39 is 6.10 Å². The van der Waals surface area contributed by atoms with Crippen molar-refractivity contribution in [3.05, 3.63) is 89.6 Å². The molecule has 1 N–H and O–H groups in total. The number of benzene rings is 2. The highest BCUT2D eigenvalue weighted by molar-refractivity contribution is 5.97. The first kappa shape index (κ1) is 18.1. The molecule has 2 aromatic carbocycles. The number of aromatic nitrogens is 2. The van der Waals surface area contributed by atoms with Gasteiger partial charge in [-0.25, -0.2) is 9.78 Å². The number of nitrogens with one attached hydrogen (secondary N) is 1. The van der Waals surface area contributed by atoms with Crippen molar-refractivity contribution in [2.75, 3.05) is 5.32 Å². The molecule has 3 heterocycles. The number of cyclic esters (lactones) is 1. The van der Waals surface area contributed by atoms with Gasteiger partial charge in [-0.3, -0.25) is 9.20 Å². The van der Waals surface area contributed by atoms with Crippen LogP contribution in [-0.4, -0.2) is 21.3 Å². The fourth-order valence-corrected chi connectivity index (χ4v) is 3.79. The number of ether oxygens (including phenoxy) is 1. The first-order valence-corrected chi connectivity index (χ1v) is 9.74. The predicted molar refractivity (Wildman–Crippen MR) is 113 cm³/mol. The lowest BCUT2D eigenvalue weighted by molar-refractivity contribution is -0.118. The molecule has 1 atom stereocenters. The number of imidazole rings is 1. The molecule has 0 fully saturated rings. The summed E-state index contributed by atoms with van der Waals surface area (Å²) in [6.45, 7) is 1.99. The van der Waals surface area contributed by atoms with Crippen LogP contribution in [0.2, 0.25) is 0 Å². The number of nitrogens with zero attached hydrogens (tertiary/aromatic N) is 2. The van der Waals surface area contributed by atoms with Gasteiger partial charge in [0.25, 0.3) is 0 Å². The molecule has 0 unspecified atom stereocenters. The maximum Gasteiger partial charge on any atom is 0.339 e. The van der Waals surface area contributed by atoms with Crippen molar-refractivity contribution in [1.29, 1.82) is 0 Å². The fraction of sp³-hybridized carbons (Fsp3) is 0.125. The summed E-state index contributed by atoms with van der Waals surface area (Å²) in [6, 6.07) is 20.8. The van der Waals surface area contributed by atoms with Crippen molar-refractivity contribution in [3.63, 3.8) is 0 Å². The highest BCUT2D eigenvalue weighted by Crippen LogP contribution is 2.34. The van der Waals surface area contributed by atoms with Crippen LogP contribution in [0.5, 0.6) is 0 Å². The van der Waals surface area contributed by atoms with Gasteiger partial charge in [-0.15, -0.1) is 0 Å². The Morgan fingerprint density at radius 2 is 1.83 bits per heavy atom. The van der Waals surface area contributed by atoms with E-state index in [9.17, 15) is 9.59 Å². The summed E-state index contributed by atoms with van der Waals surface area (Å²) in [5.74, 6) is -0.0358. The second kappa shape index (κ2) is 7.15. The Morgan fingerprint density at radius 1 is 1.07 bits per heavy atom. The number of anilines is 1. The number of carbonyl (C=O) groups excluding carboxylic acids is 2. The molecule has 0 spiro atoms. The van der Waals surface area contributed by atoms with Crippen molar-refractivity contribution in [2.45, 2.75) is 19.4 Å². The molecule has 0 aliphatic carbocycles. The summed E-state index contributed by atoms with van der Waals surface area (Å²) < 4.78 is 7.30. The van der Waals surface area contributed by atoms with Gasteiger partial charge in [-0.1, -0.05) is 54.6 Å². The SMILES string of the molecule is Cc1ccc2nc(-c3ccccc3)c(NC(=O)C[C@H]3OC(=O)c4ccccc43)n2c1. The summed E-state index contributed by atoms with van der Waals surface area (Å²) in [6.07, 6.45) is 1.39. The minimum absolute atomic E-state index is 0.0377. The summed E-state index contributed by atoms with van der Waals surface area (Å²) in [5.41, 5.74) is 4.66. The number of rotatable bonds is 4. The average molecular weight is 397 g/mol. The van der Waals surface area contributed by atoms with Gasteiger partial charge in [0.15, 0.2) is 0 Å². The minimum Gasteiger partial charge on any atom is -0.453 e. The molecule has 0 radical (unpaired) electrons. The van der Waals surface area contributed by atoms with Crippen LogP contribution in [0.1, 0.15) is 34.0 Å². The summed E-state index contributed by atoms with van der Waals surface area (Å²) in [7, 11) is 0. The molecule has 4 aromatic rings. The summed E-state index contributed by atoms with van der Waals surface area (Å²) in [5, 5.41) is 3.00. The first-order chi connectivity index (χ1) is 14.6. The number of esters is 1. The first-order valence-electron chi connectivity index (χ1n) is 9.74. The van der Waals surface area contributed by atoms with Crippen LogP contribution in [0.4, 0.5) is 5.82 Å². The van der Waals surface area contributed by atoms with E-state index in [4.69, 9.17) is 9.72 Å². The van der Waals surface area contributed by atoms with Gasteiger partial charge < -0.3 is 10.1 Å².